The lowest BCUT2D eigenvalue weighted by Crippen LogP contribution is -2.29. The van der Waals surface area contributed by atoms with E-state index in [1.54, 1.807) is 0 Å². The zero-order valence-corrected chi connectivity index (χ0v) is 13.2. The molecule has 112 valence electrons. The molecule has 1 aromatic rings. The van der Waals surface area contributed by atoms with E-state index >= 15 is 0 Å². The molecular weight excluding hydrogens is 250 g/mol. The van der Waals surface area contributed by atoms with Crippen molar-refractivity contribution in [2.75, 3.05) is 19.8 Å². The molecule has 20 heavy (non-hydrogen) atoms. The summed E-state index contributed by atoms with van der Waals surface area (Å²) in [6, 6.07) is 6.22. The van der Waals surface area contributed by atoms with E-state index in [0.29, 0.717) is 11.3 Å². The third-order valence-corrected chi connectivity index (χ3v) is 4.07. The minimum absolute atomic E-state index is 0.345. The van der Waals surface area contributed by atoms with Crippen molar-refractivity contribution in [1.29, 1.82) is 0 Å². The molecule has 0 bridgehead atoms. The van der Waals surface area contributed by atoms with E-state index in [0.717, 1.165) is 44.2 Å². The molecule has 0 saturated heterocycles. The average Bonchev–Trinajstić information content (AvgIpc) is 2.62. The van der Waals surface area contributed by atoms with Gasteiger partial charge >= 0.3 is 0 Å². The Bertz CT molecular complexity index is 437. The van der Waals surface area contributed by atoms with Crippen LogP contribution in [0.2, 0.25) is 0 Å². The molecule has 1 aliphatic rings. The van der Waals surface area contributed by atoms with Crippen LogP contribution in [0.1, 0.15) is 39.7 Å². The fourth-order valence-corrected chi connectivity index (χ4v) is 2.06. The number of hydrogen-bond acceptors (Lipinski definition) is 3. The predicted octanol–water partition coefficient (Wildman–Crippen LogP) is 3.62. The summed E-state index contributed by atoms with van der Waals surface area (Å²) in [5, 5.41) is 3.53. The number of fused-ring (bicyclic) bond motifs is 1. The minimum Gasteiger partial charge on any atom is -0.490 e. The molecule has 0 aromatic heterocycles. The maximum atomic E-state index is 5.72. The lowest BCUT2D eigenvalue weighted by atomic mass is 9.82. The van der Waals surface area contributed by atoms with Crippen LogP contribution in [-0.4, -0.2) is 19.8 Å². The van der Waals surface area contributed by atoms with Crippen LogP contribution in [-0.2, 0) is 6.54 Å². The lowest BCUT2D eigenvalue weighted by molar-refractivity contribution is 0.252. The predicted molar refractivity (Wildman–Crippen MR) is 82.4 cm³/mol. The second-order valence-corrected chi connectivity index (χ2v) is 6.73. The second-order valence-electron chi connectivity index (χ2n) is 6.73. The highest BCUT2D eigenvalue weighted by Gasteiger charge is 2.19. The third-order valence-electron chi connectivity index (χ3n) is 4.07. The molecule has 0 aliphatic carbocycles. The fourth-order valence-electron chi connectivity index (χ4n) is 2.06. The van der Waals surface area contributed by atoms with Gasteiger partial charge in [0.2, 0.25) is 0 Å². The molecular formula is C17H27NO2. The SMILES string of the molecule is CC(CNCc1ccc2c(c1)OCCCO2)C(C)(C)C. The van der Waals surface area contributed by atoms with Crippen LogP contribution >= 0.6 is 0 Å². The summed E-state index contributed by atoms with van der Waals surface area (Å²) in [5.74, 6) is 2.39. The number of nitrogens with one attached hydrogen (secondary N) is 1. The quantitative estimate of drug-likeness (QED) is 0.912. The molecule has 0 saturated carbocycles. The van der Waals surface area contributed by atoms with Gasteiger partial charge in [0.05, 0.1) is 13.2 Å². The van der Waals surface area contributed by atoms with Crippen LogP contribution in [0.4, 0.5) is 0 Å². The molecule has 3 heteroatoms. The van der Waals surface area contributed by atoms with Gasteiger partial charge in [0.1, 0.15) is 0 Å². The van der Waals surface area contributed by atoms with Crippen molar-refractivity contribution in [2.45, 2.75) is 40.7 Å². The molecule has 3 nitrogen and oxygen atoms in total. The van der Waals surface area contributed by atoms with E-state index in [1.807, 2.05) is 6.07 Å². The summed E-state index contributed by atoms with van der Waals surface area (Å²) >= 11 is 0. The van der Waals surface area contributed by atoms with Gasteiger partial charge in [-0.25, -0.2) is 0 Å². The van der Waals surface area contributed by atoms with Gasteiger partial charge in [-0.15, -0.1) is 0 Å². The smallest absolute Gasteiger partial charge is 0.161 e. The zero-order valence-electron chi connectivity index (χ0n) is 13.2. The Morgan fingerprint density at radius 3 is 2.55 bits per heavy atom. The Kier molecular flexibility index (Phi) is 4.92. The standard InChI is InChI=1S/C17H27NO2/c1-13(17(2,3)4)11-18-12-14-6-7-15-16(10-14)20-9-5-8-19-15/h6-7,10,13,18H,5,8-9,11-12H2,1-4H3. The first kappa shape index (κ1) is 15.2. The molecule has 0 spiro atoms. The van der Waals surface area contributed by atoms with Crippen molar-refractivity contribution in [3.8, 4) is 11.5 Å². The topological polar surface area (TPSA) is 30.5 Å². The van der Waals surface area contributed by atoms with Gasteiger partial charge in [-0.3, -0.25) is 0 Å². The molecule has 0 radical (unpaired) electrons. The highest BCUT2D eigenvalue weighted by Crippen LogP contribution is 2.30. The van der Waals surface area contributed by atoms with E-state index in [-0.39, 0.29) is 0 Å². The maximum absolute atomic E-state index is 5.72. The molecule has 0 amide bonds. The summed E-state index contributed by atoms with van der Waals surface area (Å²) in [4.78, 5) is 0. The first-order chi connectivity index (χ1) is 9.47. The number of ether oxygens (including phenoxy) is 2. The Morgan fingerprint density at radius 2 is 1.85 bits per heavy atom. The normalized spacial score (nSPS) is 16.6. The van der Waals surface area contributed by atoms with Gasteiger partial charge in [-0.05, 0) is 35.6 Å². The van der Waals surface area contributed by atoms with Crippen molar-refractivity contribution in [1.82, 2.24) is 5.32 Å². The van der Waals surface area contributed by atoms with Crippen LogP contribution in [0.5, 0.6) is 11.5 Å². The Balaban J connectivity index is 1.89. The van der Waals surface area contributed by atoms with Crippen LogP contribution < -0.4 is 14.8 Å². The molecule has 0 fully saturated rings. The molecule has 1 aliphatic heterocycles. The third kappa shape index (κ3) is 4.14. The molecule has 1 heterocycles. The first-order valence-electron chi connectivity index (χ1n) is 7.56. The summed E-state index contributed by atoms with van der Waals surface area (Å²) in [7, 11) is 0. The van der Waals surface area contributed by atoms with Crippen molar-refractivity contribution in [3.63, 3.8) is 0 Å². The van der Waals surface area contributed by atoms with Crippen molar-refractivity contribution in [2.24, 2.45) is 11.3 Å². The van der Waals surface area contributed by atoms with Gasteiger partial charge in [0.25, 0.3) is 0 Å². The second kappa shape index (κ2) is 6.49. The molecule has 1 atom stereocenters. The van der Waals surface area contributed by atoms with Crippen molar-refractivity contribution >= 4 is 0 Å². The highest BCUT2D eigenvalue weighted by molar-refractivity contribution is 5.43. The van der Waals surface area contributed by atoms with Gasteiger partial charge in [-0.1, -0.05) is 33.8 Å². The first-order valence-corrected chi connectivity index (χ1v) is 7.56. The van der Waals surface area contributed by atoms with Gasteiger partial charge in [0, 0.05) is 13.0 Å². The molecule has 1 aromatic carbocycles. The van der Waals surface area contributed by atoms with Crippen molar-refractivity contribution in [3.05, 3.63) is 23.8 Å². The Hall–Kier alpha value is -1.22. The van der Waals surface area contributed by atoms with Crippen LogP contribution in [0.15, 0.2) is 18.2 Å². The molecule has 1 N–H and O–H groups in total. The Morgan fingerprint density at radius 1 is 1.15 bits per heavy atom. The van der Waals surface area contributed by atoms with Crippen LogP contribution in [0, 0.1) is 11.3 Å². The largest absolute Gasteiger partial charge is 0.490 e. The summed E-state index contributed by atoms with van der Waals surface area (Å²) in [5.41, 5.74) is 1.59. The van der Waals surface area contributed by atoms with E-state index in [1.165, 1.54) is 5.56 Å². The summed E-state index contributed by atoms with van der Waals surface area (Å²) < 4.78 is 11.4. The maximum Gasteiger partial charge on any atom is 0.161 e. The monoisotopic (exact) mass is 277 g/mol. The zero-order chi connectivity index (χ0) is 14.6. The fraction of sp³-hybridized carbons (Fsp3) is 0.647. The average molecular weight is 277 g/mol. The van der Waals surface area contributed by atoms with Crippen LogP contribution in [0.25, 0.3) is 0 Å². The lowest BCUT2D eigenvalue weighted by Gasteiger charge is -2.27. The number of benzene rings is 1. The molecule has 2 rings (SSSR count). The summed E-state index contributed by atoms with van der Waals surface area (Å²) in [6.45, 7) is 12.5. The van der Waals surface area contributed by atoms with Gasteiger partial charge in [0.15, 0.2) is 11.5 Å². The summed E-state index contributed by atoms with van der Waals surface area (Å²) in [6.07, 6.45) is 0.950. The van der Waals surface area contributed by atoms with Crippen molar-refractivity contribution < 1.29 is 9.47 Å². The Labute approximate surface area is 122 Å². The van der Waals surface area contributed by atoms with E-state index in [4.69, 9.17) is 9.47 Å². The highest BCUT2D eigenvalue weighted by atomic mass is 16.5. The van der Waals surface area contributed by atoms with E-state index in [9.17, 15) is 0 Å². The number of hydrogen-bond donors (Lipinski definition) is 1. The minimum atomic E-state index is 0.345. The van der Waals surface area contributed by atoms with Gasteiger partial charge in [-0.2, -0.15) is 0 Å². The van der Waals surface area contributed by atoms with Crippen LogP contribution in [0.3, 0.4) is 0 Å². The van der Waals surface area contributed by atoms with E-state index in [2.05, 4.69) is 45.1 Å². The van der Waals surface area contributed by atoms with Gasteiger partial charge < -0.3 is 14.8 Å². The number of rotatable bonds is 4. The van der Waals surface area contributed by atoms with E-state index < -0.39 is 0 Å². The molecule has 1 unspecified atom stereocenters.